The lowest BCUT2D eigenvalue weighted by atomic mass is 10.1. The number of aryl methyl sites for hydroxylation is 1. The molecule has 0 aromatic carbocycles. The molecule has 0 radical (unpaired) electrons. The molecular formula is C18H26N4OS. The second-order valence-corrected chi connectivity index (χ2v) is 7.27. The quantitative estimate of drug-likeness (QED) is 0.856. The van der Waals surface area contributed by atoms with Gasteiger partial charge in [-0.25, -0.2) is 4.79 Å². The molecule has 0 unspecified atom stereocenters. The molecule has 2 heterocycles. The largest absolute Gasteiger partial charge is 0.330 e. The van der Waals surface area contributed by atoms with Crippen molar-refractivity contribution in [1.82, 2.24) is 20.0 Å². The molecule has 3 rings (SSSR count). The number of carbonyl (C=O) groups excluding carboxylic acids is 1. The van der Waals surface area contributed by atoms with Gasteiger partial charge < -0.3 is 10.2 Å². The van der Waals surface area contributed by atoms with Gasteiger partial charge in [0.2, 0.25) is 0 Å². The van der Waals surface area contributed by atoms with Gasteiger partial charge in [0.25, 0.3) is 0 Å². The van der Waals surface area contributed by atoms with Gasteiger partial charge in [-0.3, -0.25) is 4.68 Å². The zero-order valence-corrected chi connectivity index (χ0v) is 15.3. The van der Waals surface area contributed by atoms with Crippen molar-refractivity contribution in [3.63, 3.8) is 0 Å². The Morgan fingerprint density at radius 1 is 1.46 bits per heavy atom. The Morgan fingerprint density at radius 2 is 2.25 bits per heavy atom. The van der Waals surface area contributed by atoms with Crippen molar-refractivity contribution >= 4 is 17.4 Å². The number of aromatic nitrogens is 2. The fraction of sp³-hybridized carbons (Fsp3) is 0.556. The highest BCUT2D eigenvalue weighted by molar-refractivity contribution is 7.07. The molecule has 1 aliphatic carbocycles. The van der Waals surface area contributed by atoms with Crippen molar-refractivity contribution in [1.29, 1.82) is 0 Å². The number of hydrogen-bond donors (Lipinski definition) is 1. The monoisotopic (exact) mass is 346 g/mol. The zero-order chi connectivity index (χ0) is 16.9. The van der Waals surface area contributed by atoms with Gasteiger partial charge in [-0.1, -0.05) is 19.8 Å². The van der Waals surface area contributed by atoms with Crippen LogP contribution >= 0.6 is 11.3 Å². The second-order valence-electron chi connectivity index (χ2n) is 6.49. The second kappa shape index (κ2) is 7.83. The van der Waals surface area contributed by atoms with Crippen molar-refractivity contribution in [2.75, 3.05) is 0 Å². The van der Waals surface area contributed by atoms with Crippen LogP contribution in [0.2, 0.25) is 0 Å². The summed E-state index contributed by atoms with van der Waals surface area (Å²) >= 11 is 1.68. The molecule has 0 bridgehead atoms. The van der Waals surface area contributed by atoms with E-state index in [9.17, 15) is 4.79 Å². The summed E-state index contributed by atoms with van der Waals surface area (Å²) < 4.78 is 1.84. The summed E-state index contributed by atoms with van der Waals surface area (Å²) in [6.45, 7) is 2.79. The minimum Gasteiger partial charge on any atom is -0.330 e. The minimum absolute atomic E-state index is 0.00335. The maximum Gasteiger partial charge on any atom is 0.318 e. The maximum absolute atomic E-state index is 13.0. The summed E-state index contributed by atoms with van der Waals surface area (Å²) in [6, 6.07) is 4.48. The highest BCUT2D eigenvalue weighted by Crippen LogP contribution is 2.26. The van der Waals surface area contributed by atoms with E-state index in [-0.39, 0.29) is 12.1 Å². The van der Waals surface area contributed by atoms with Crippen LogP contribution in [0, 0.1) is 0 Å². The van der Waals surface area contributed by atoms with Crippen molar-refractivity contribution in [2.45, 2.75) is 57.7 Å². The van der Waals surface area contributed by atoms with Gasteiger partial charge in [0, 0.05) is 25.8 Å². The standard InChI is InChI=1S/C18H26N4OS/c1-3-16(17-8-10-19-21(17)2)20-18(23)22(15-6-4-5-7-15)12-14-9-11-24-13-14/h8-11,13,15-16H,3-7,12H2,1-2H3,(H,20,23)/t16-/m1/s1. The molecule has 130 valence electrons. The molecule has 2 aromatic rings. The first-order chi connectivity index (χ1) is 11.7. The van der Waals surface area contributed by atoms with Gasteiger partial charge >= 0.3 is 6.03 Å². The Bertz CT molecular complexity index is 646. The highest BCUT2D eigenvalue weighted by atomic mass is 32.1. The molecule has 24 heavy (non-hydrogen) atoms. The summed E-state index contributed by atoms with van der Waals surface area (Å²) in [6.07, 6.45) is 7.29. The molecule has 0 spiro atoms. The molecule has 1 atom stereocenters. The lowest BCUT2D eigenvalue weighted by molar-refractivity contribution is 0.166. The molecular weight excluding hydrogens is 320 g/mol. The van der Waals surface area contributed by atoms with Crippen LogP contribution in [-0.4, -0.2) is 26.8 Å². The number of nitrogens with one attached hydrogen (secondary N) is 1. The summed E-state index contributed by atoms with van der Waals surface area (Å²) in [4.78, 5) is 15.1. The average molecular weight is 347 g/mol. The predicted octanol–water partition coefficient (Wildman–Crippen LogP) is 4.09. The minimum atomic E-state index is -0.00335. The van der Waals surface area contributed by atoms with E-state index in [1.807, 2.05) is 22.7 Å². The van der Waals surface area contributed by atoms with E-state index in [2.05, 4.69) is 34.2 Å². The normalized spacial score (nSPS) is 16.2. The number of rotatable bonds is 6. The maximum atomic E-state index is 13.0. The van der Waals surface area contributed by atoms with E-state index in [1.54, 1.807) is 17.5 Å². The molecule has 6 heteroatoms. The van der Waals surface area contributed by atoms with Gasteiger partial charge in [-0.15, -0.1) is 0 Å². The van der Waals surface area contributed by atoms with E-state index < -0.39 is 0 Å². The molecule has 1 saturated carbocycles. The Labute approximate surface area is 147 Å². The van der Waals surface area contributed by atoms with E-state index in [0.29, 0.717) is 12.6 Å². The zero-order valence-electron chi connectivity index (χ0n) is 14.4. The van der Waals surface area contributed by atoms with Crippen molar-refractivity contribution < 1.29 is 4.79 Å². The van der Waals surface area contributed by atoms with Gasteiger partial charge in [-0.2, -0.15) is 16.4 Å². The fourth-order valence-corrected chi connectivity index (χ4v) is 4.16. The Balaban J connectivity index is 1.73. The number of carbonyl (C=O) groups is 1. The first-order valence-electron chi connectivity index (χ1n) is 8.75. The van der Waals surface area contributed by atoms with Crippen LogP contribution in [0.1, 0.15) is 56.3 Å². The third kappa shape index (κ3) is 3.80. The summed E-state index contributed by atoms with van der Waals surface area (Å²) in [7, 11) is 1.92. The predicted molar refractivity (Wildman–Crippen MR) is 96.9 cm³/mol. The van der Waals surface area contributed by atoms with Crippen LogP contribution in [0.15, 0.2) is 29.1 Å². The topological polar surface area (TPSA) is 50.2 Å². The van der Waals surface area contributed by atoms with Crippen LogP contribution in [0.3, 0.4) is 0 Å². The summed E-state index contributed by atoms with van der Waals surface area (Å²) in [5.41, 5.74) is 2.27. The van der Waals surface area contributed by atoms with Gasteiger partial charge in [0.15, 0.2) is 0 Å². The number of hydrogen-bond acceptors (Lipinski definition) is 3. The van der Waals surface area contributed by atoms with Gasteiger partial charge in [0.1, 0.15) is 0 Å². The molecule has 1 fully saturated rings. The summed E-state index contributed by atoms with van der Waals surface area (Å²) in [5.74, 6) is 0. The number of nitrogens with zero attached hydrogens (tertiary/aromatic N) is 3. The SMILES string of the molecule is CC[C@@H](NC(=O)N(Cc1ccsc1)C1CCCC1)c1ccnn1C. The third-order valence-corrected chi connectivity index (χ3v) is 5.61. The molecule has 0 saturated heterocycles. The van der Waals surface area contributed by atoms with Crippen molar-refractivity contribution in [2.24, 2.45) is 7.05 Å². The van der Waals surface area contributed by atoms with Crippen LogP contribution in [0.25, 0.3) is 0 Å². The molecule has 2 aromatic heterocycles. The van der Waals surface area contributed by atoms with E-state index in [4.69, 9.17) is 0 Å². The summed E-state index contributed by atoms with van der Waals surface area (Å²) in [5, 5.41) is 11.7. The molecule has 0 aliphatic heterocycles. The number of thiophene rings is 1. The van der Waals surface area contributed by atoms with Crippen LogP contribution < -0.4 is 5.32 Å². The average Bonchev–Trinajstić information content (AvgIpc) is 3.32. The first-order valence-corrected chi connectivity index (χ1v) is 9.69. The number of urea groups is 1. The molecule has 1 aliphatic rings. The van der Waals surface area contributed by atoms with E-state index in [0.717, 1.165) is 25.0 Å². The Kier molecular flexibility index (Phi) is 5.56. The highest BCUT2D eigenvalue weighted by Gasteiger charge is 2.28. The van der Waals surface area contributed by atoms with Crippen LogP contribution in [-0.2, 0) is 13.6 Å². The fourth-order valence-electron chi connectivity index (χ4n) is 3.50. The number of amides is 2. The Hall–Kier alpha value is -1.82. The van der Waals surface area contributed by atoms with Crippen molar-refractivity contribution in [3.8, 4) is 0 Å². The van der Waals surface area contributed by atoms with E-state index >= 15 is 0 Å². The van der Waals surface area contributed by atoms with Gasteiger partial charge in [-0.05, 0) is 47.7 Å². The molecule has 1 N–H and O–H groups in total. The lowest BCUT2D eigenvalue weighted by Crippen LogP contribution is -2.46. The smallest absolute Gasteiger partial charge is 0.318 e. The molecule has 2 amide bonds. The van der Waals surface area contributed by atoms with Gasteiger partial charge in [0.05, 0.1) is 11.7 Å². The van der Waals surface area contributed by atoms with Crippen LogP contribution in [0.5, 0.6) is 0 Å². The lowest BCUT2D eigenvalue weighted by Gasteiger charge is -2.31. The van der Waals surface area contributed by atoms with E-state index in [1.165, 1.54) is 18.4 Å². The Morgan fingerprint density at radius 3 is 2.83 bits per heavy atom. The first kappa shape index (κ1) is 17.0. The van der Waals surface area contributed by atoms with Crippen molar-refractivity contribution in [3.05, 3.63) is 40.3 Å². The third-order valence-electron chi connectivity index (χ3n) is 4.88. The molecule has 5 nitrogen and oxygen atoms in total. The van der Waals surface area contributed by atoms with Crippen LogP contribution in [0.4, 0.5) is 4.79 Å².